The van der Waals surface area contributed by atoms with Crippen LogP contribution in [0.2, 0.25) is 0 Å². The van der Waals surface area contributed by atoms with Crippen LogP contribution in [0.1, 0.15) is 25.5 Å². The molecule has 1 aromatic rings. The molecule has 0 aliphatic heterocycles. The maximum Gasteiger partial charge on any atom is 0.0650 e. The molecule has 13 heavy (non-hydrogen) atoms. The summed E-state index contributed by atoms with van der Waals surface area (Å²) in [6.07, 6.45) is 4.69. The zero-order chi connectivity index (χ0) is 9.47. The monoisotopic (exact) mass is 180 g/mol. The third kappa shape index (κ3) is 1.75. The van der Waals surface area contributed by atoms with Crippen molar-refractivity contribution >= 4 is 0 Å². The molecule has 0 saturated heterocycles. The molecule has 1 N–H and O–H groups in total. The van der Waals surface area contributed by atoms with Crippen LogP contribution in [0.15, 0.2) is 12.3 Å². The molecule has 0 amide bonds. The number of rotatable bonds is 3. The molecule has 0 bridgehead atoms. The summed E-state index contributed by atoms with van der Waals surface area (Å²) in [6.45, 7) is 2.14. The van der Waals surface area contributed by atoms with Gasteiger partial charge in [-0.1, -0.05) is 6.92 Å². The number of nitrogens with zero attached hydrogens (tertiary/aromatic N) is 2. The number of hydrogen-bond acceptors (Lipinski definition) is 2. The number of aryl methyl sites for hydroxylation is 1. The molecule has 1 heterocycles. The van der Waals surface area contributed by atoms with Crippen molar-refractivity contribution in [1.29, 1.82) is 0 Å². The second-order valence-corrected chi connectivity index (χ2v) is 4.35. The van der Waals surface area contributed by atoms with E-state index in [2.05, 4.69) is 12.0 Å². The number of hydrogen-bond donors (Lipinski definition) is 1. The summed E-state index contributed by atoms with van der Waals surface area (Å²) in [7, 11) is 1.90. The molecule has 2 rings (SSSR count). The van der Waals surface area contributed by atoms with E-state index in [9.17, 15) is 5.11 Å². The maximum absolute atomic E-state index is 9.86. The first kappa shape index (κ1) is 8.75. The van der Waals surface area contributed by atoms with Gasteiger partial charge >= 0.3 is 0 Å². The molecule has 3 heteroatoms. The smallest absolute Gasteiger partial charge is 0.0650 e. The summed E-state index contributed by atoms with van der Waals surface area (Å²) >= 11 is 0. The second kappa shape index (κ2) is 2.84. The van der Waals surface area contributed by atoms with Crippen molar-refractivity contribution in [2.45, 2.75) is 32.3 Å². The summed E-state index contributed by atoms with van der Waals surface area (Å²) in [5, 5.41) is 14.1. The molecule has 72 valence electrons. The van der Waals surface area contributed by atoms with Gasteiger partial charge in [0, 0.05) is 19.7 Å². The predicted molar refractivity (Wildman–Crippen MR) is 50.3 cm³/mol. The van der Waals surface area contributed by atoms with Gasteiger partial charge in [0.2, 0.25) is 0 Å². The van der Waals surface area contributed by atoms with E-state index in [1.165, 1.54) is 0 Å². The third-order valence-corrected chi connectivity index (χ3v) is 3.01. The average molecular weight is 180 g/mol. The Morgan fingerprint density at radius 2 is 2.38 bits per heavy atom. The first-order valence-electron chi connectivity index (χ1n) is 4.77. The van der Waals surface area contributed by atoms with E-state index in [0.717, 1.165) is 18.5 Å². The zero-order valence-corrected chi connectivity index (χ0v) is 8.20. The van der Waals surface area contributed by atoms with Crippen LogP contribution in [-0.4, -0.2) is 21.0 Å². The Hall–Kier alpha value is -0.830. The van der Waals surface area contributed by atoms with E-state index >= 15 is 0 Å². The molecule has 1 atom stereocenters. The van der Waals surface area contributed by atoms with Crippen LogP contribution in [0.25, 0.3) is 0 Å². The highest BCUT2D eigenvalue weighted by molar-refractivity contribution is 5.05. The minimum atomic E-state index is -0.220. The highest BCUT2D eigenvalue weighted by Crippen LogP contribution is 2.48. The summed E-state index contributed by atoms with van der Waals surface area (Å²) in [5.74, 6) is 0. The van der Waals surface area contributed by atoms with E-state index in [4.69, 9.17) is 0 Å². The second-order valence-electron chi connectivity index (χ2n) is 4.35. The van der Waals surface area contributed by atoms with E-state index in [1.807, 2.05) is 19.3 Å². The molecule has 1 fully saturated rings. The lowest BCUT2D eigenvalue weighted by Crippen LogP contribution is -2.21. The van der Waals surface area contributed by atoms with Gasteiger partial charge in [0.1, 0.15) is 0 Å². The molecular weight excluding hydrogens is 164 g/mol. The standard InChI is InChI=1S/C10H16N2O/c1-10(4-5-10)9(13)7-8-3-6-12(2)11-8/h3,6,9,13H,4-5,7H2,1-2H3. The highest BCUT2D eigenvalue weighted by Gasteiger charge is 2.44. The number of aromatic nitrogens is 2. The van der Waals surface area contributed by atoms with Gasteiger partial charge in [0.15, 0.2) is 0 Å². The number of aliphatic hydroxyl groups is 1. The molecule has 0 radical (unpaired) electrons. The summed E-state index contributed by atoms with van der Waals surface area (Å²) in [5.41, 5.74) is 1.17. The van der Waals surface area contributed by atoms with Crippen molar-refractivity contribution < 1.29 is 5.11 Å². The average Bonchev–Trinajstić information content (AvgIpc) is 2.69. The minimum absolute atomic E-state index is 0.178. The van der Waals surface area contributed by atoms with Crippen LogP contribution in [-0.2, 0) is 13.5 Å². The van der Waals surface area contributed by atoms with E-state index < -0.39 is 0 Å². The van der Waals surface area contributed by atoms with Crippen molar-refractivity contribution in [3.63, 3.8) is 0 Å². The van der Waals surface area contributed by atoms with Crippen molar-refractivity contribution in [3.05, 3.63) is 18.0 Å². The lowest BCUT2D eigenvalue weighted by molar-refractivity contribution is 0.102. The molecule has 1 aliphatic carbocycles. The topological polar surface area (TPSA) is 38.0 Å². The Bertz CT molecular complexity index is 302. The molecule has 1 aromatic heterocycles. The van der Waals surface area contributed by atoms with Crippen LogP contribution >= 0.6 is 0 Å². The molecule has 1 saturated carbocycles. The largest absolute Gasteiger partial charge is 0.392 e. The van der Waals surface area contributed by atoms with Crippen LogP contribution in [0.4, 0.5) is 0 Å². The van der Waals surface area contributed by atoms with E-state index in [1.54, 1.807) is 4.68 Å². The summed E-state index contributed by atoms with van der Waals surface area (Å²) in [6, 6.07) is 1.97. The fraction of sp³-hybridized carbons (Fsp3) is 0.700. The van der Waals surface area contributed by atoms with Gasteiger partial charge in [-0.2, -0.15) is 5.10 Å². The Morgan fingerprint density at radius 1 is 1.69 bits per heavy atom. The fourth-order valence-corrected chi connectivity index (χ4v) is 1.55. The van der Waals surface area contributed by atoms with Crippen molar-refractivity contribution in [2.75, 3.05) is 0 Å². The van der Waals surface area contributed by atoms with Crippen LogP contribution in [0.3, 0.4) is 0 Å². The molecular formula is C10H16N2O. The first-order chi connectivity index (χ1) is 6.10. The molecule has 0 spiro atoms. The summed E-state index contributed by atoms with van der Waals surface area (Å²) < 4.78 is 1.78. The van der Waals surface area contributed by atoms with Gasteiger partial charge in [-0.15, -0.1) is 0 Å². The molecule has 1 aliphatic rings. The number of aliphatic hydroxyl groups excluding tert-OH is 1. The molecule has 1 unspecified atom stereocenters. The molecule has 3 nitrogen and oxygen atoms in total. The maximum atomic E-state index is 9.86. The van der Waals surface area contributed by atoms with Gasteiger partial charge in [0.25, 0.3) is 0 Å². The van der Waals surface area contributed by atoms with Gasteiger partial charge in [-0.05, 0) is 24.3 Å². The van der Waals surface area contributed by atoms with Crippen LogP contribution in [0, 0.1) is 5.41 Å². The van der Waals surface area contributed by atoms with Crippen molar-refractivity contribution in [2.24, 2.45) is 12.5 Å². The normalized spacial score (nSPS) is 21.5. The first-order valence-corrected chi connectivity index (χ1v) is 4.77. The van der Waals surface area contributed by atoms with Gasteiger partial charge < -0.3 is 5.11 Å². The summed E-state index contributed by atoms with van der Waals surface area (Å²) in [4.78, 5) is 0. The Kier molecular flexibility index (Phi) is 1.91. The highest BCUT2D eigenvalue weighted by atomic mass is 16.3. The van der Waals surface area contributed by atoms with E-state index in [0.29, 0.717) is 6.42 Å². The van der Waals surface area contributed by atoms with Gasteiger partial charge in [0.05, 0.1) is 11.8 Å². The Morgan fingerprint density at radius 3 is 2.85 bits per heavy atom. The Labute approximate surface area is 78.4 Å². The van der Waals surface area contributed by atoms with Crippen molar-refractivity contribution in [3.8, 4) is 0 Å². The van der Waals surface area contributed by atoms with Crippen LogP contribution < -0.4 is 0 Å². The predicted octanol–water partition coefficient (Wildman–Crippen LogP) is 1.12. The van der Waals surface area contributed by atoms with Crippen molar-refractivity contribution in [1.82, 2.24) is 9.78 Å². The van der Waals surface area contributed by atoms with Gasteiger partial charge in [-0.3, -0.25) is 4.68 Å². The van der Waals surface area contributed by atoms with Gasteiger partial charge in [-0.25, -0.2) is 0 Å². The third-order valence-electron chi connectivity index (χ3n) is 3.01. The van der Waals surface area contributed by atoms with E-state index in [-0.39, 0.29) is 11.5 Å². The Balaban J connectivity index is 1.98. The quantitative estimate of drug-likeness (QED) is 0.757. The zero-order valence-electron chi connectivity index (χ0n) is 8.20. The fourth-order valence-electron chi connectivity index (χ4n) is 1.55. The van der Waals surface area contributed by atoms with Crippen LogP contribution in [0.5, 0.6) is 0 Å². The minimum Gasteiger partial charge on any atom is -0.392 e. The lowest BCUT2D eigenvalue weighted by Gasteiger charge is -2.15. The lowest BCUT2D eigenvalue weighted by atomic mass is 9.98. The molecule has 0 aromatic carbocycles. The SMILES string of the molecule is Cn1ccc(CC(O)C2(C)CC2)n1.